The van der Waals surface area contributed by atoms with E-state index in [1.165, 1.54) is 5.56 Å². The van der Waals surface area contributed by atoms with E-state index in [1.54, 1.807) is 0 Å². The Hall–Kier alpha value is -0.250. The molecule has 1 N–H and O–H groups in total. The van der Waals surface area contributed by atoms with Gasteiger partial charge >= 0.3 is 0 Å². The van der Waals surface area contributed by atoms with Crippen LogP contribution < -0.4 is 10.1 Å². The van der Waals surface area contributed by atoms with Crippen LogP contribution >= 0.6 is 27.5 Å². The molecule has 2 nitrogen and oxygen atoms in total. The van der Waals surface area contributed by atoms with Crippen molar-refractivity contribution in [3.63, 3.8) is 0 Å². The zero-order valence-corrected chi connectivity index (χ0v) is 12.4. The second-order valence-electron chi connectivity index (χ2n) is 4.29. The molecule has 1 aliphatic rings. The van der Waals surface area contributed by atoms with Crippen molar-refractivity contribution < 1.29 is 4.74 Å². The molecule has 1 aromatic rings. The van der Waals surface area contributed by atoms with Crippen molar-refractivity contribution in [1.82, 2.24) is 5.32 Å². The predicted octanol–water partition coefficient (Wildman–Crippen LogP) is 4.31. The Labute approximate surface area is 116 Å². The van der Waals surface area contributed by atoms with Gasteiger partial charge in [0.15, 0.2) is 0 Å². The van der Waals surface area contributed by atoms with Crippen LogP contribution in [0.25, 0.3) is 0 Å². The smallest absolute Gasteiger partial charge is 0.143 e. The Bertz CT molecular complexity index is 411. The average Bonchev–Trinajstić information content (AvgIpc) is 2.59. The van der Waals surface area contributed by atoms with Gasteiger partial charge in [-0.15, -0.1) is 0 Å². The second-order valence-corrected chi connectivity index (χ2v) is 5.61. The molecule has 1 aromatic carbocycles. The molecule has 2 atom stereocenters. The van der Waals surface area contributed by atoms with Gasteiger partial charge in [0.25, 0.3) is 0 Å². The van der Waals surface area contributed by atoms with Gasteiger partial charge in [-0.25, -0.2) is 0 Å². The number of benzene rings is 1. The Kier molecular flexibility index (Phi) is 4.34. The normalized spacial score (nSPS) is 22.4. The second kappa shape index (κ2) is 5.59. The molecule has 17 heavy (non-hydrogen) atoms. The standard InChI is InChI=1S/C13H17BrClNO/c1-3-5-11-12(16-4-2)9-6-8(14)7-10(15)13(9)17-11/h6-7,11-12,16H,3-5H2,1-2H3. The molecule has 1 heterocycles. The molecule has 0 saturated carbocycles. The lowest BCUT2D eigenvalue weighted by atomic mass is 10.0. The van der Waals surface area contributed by atoms with Gasteiger partial charge < -0.3 is 10.1 Å². The van der Waals surface area contributed by atoms with Crippen LogP contribution in [0.2, 0.25) is 5.02 Å². The molecule has 2 unspecified atom stereocenters. The van der Waals surface area contributed by atoms with Crippen LogP contribution in [0, 0.1) is 0 Å². The molecule has 2 rings (SSSR count). The number of likely N-dealkylation sites (N-methyl/N-ethyl adjacent to an activating group) is 1. The third-order valence-electron chi connectivity index (χ3n) is 3.01. The lowest BCUT2D eigenvalue weighted by Gasteiger charge is -2.19. The molecule has 0 amide bonds. The molecule has 0 radical (unpaired) electrons. The summed E-state index contributed by atoms with van der Waals surface area (Å²) in [5, 5.41) is 4.18. The van der Waals surface area contributed by atoms with Crippen molar-refractivity contribution in [3.8, 4) is 5.75 Å². The summed E-state index contributed by atoms with van der Waals surface area (Å²) in [5.74, 6) is 0.847. The summed E-state index contributed by atoms with van der Waals surface area (Å²) in [4.78, 5) is 0. The maximum absolute atomic E-state index is 6.22. The van der Waals surface area contributed by atoms with E-state index in [2.05, 4.69) is 41.2 Å². The van der Waals surface area contributed by atoms with E-state index in [0.29, 0.717) is 5.02 Å². The molecule has 0 saturated heterocycles. The van der Waals surface area contributed by atoms with E-state index in [-0.39, 0.29) is 12.1 Å². The zero-order valence-electron chi connectivity index (χ0n) is 10.1. The molecule has 0 fully saturated rings. The molecular weight excluding hydrogens is 302 g/mol. The van der Waals surface area contributed by atoms with Gasteiger partial charge in [0, 0.05) is 10.0 Å². The van der Waals surface area contributed by atoms with Crippen molar-refractivity contribution in [2.75, 3.05) is 6.54 Å². The van der Waals surface area contributed by atoms with Crippen LogP contribution in [0.5, 0.6) is 5.75 Å². The summed E-state index contributed by atoms with van der Waals surface area (Å²) in [6, 6.07) is 4.24. The molecule has 94 valence electrons. The minimum absolute atomic E-state index is 0.196. The molecule has 4 heteroatoms. The minimum atomic E-state index is 0.196. The molecular formula is C13H17BrClNO. The first-order valence-electron chi connectivity index (χ1n) is 6.06. The van der Waals surface area contributed by atoms with Gasteiger partial charge in [0.05, 0.1) is 11.1 Å². The van der Waals surface area contributed by atoms with Crippen LogP contribution in [0.1, 0.15) is 38.3 Å². The SMILES string of the molecule is CCCC1Oc2c(Cl)cc(Br)cc2C1NCC. The van der Waals surface area contributed by atoms with E-state index in [0.717, 1.165) is 29.6 Å². The molecule has 0 aliphatic carbocycles. The van der Waals surface area contributed by atoms with Gasteiger partial charge in [-0.1, -0.05) is 47.8 Å². The number of halogens is 2. The first kappa shape index (κ1) is 13.2. The molecule has 0 aromatic heterocycles. The summed E-state index contributed by atoms with van der Waals surface area (Å²) < 4.78 is 6.99. The summed E-state index contributed by atoms with van der Waals surface area (Å²) >= 11 is 9.71. The number of rotatable bonds is 4. The molecule has 1 aliphatic heterocycles. The number of fused-ring (bicyclic) bond motifs is 1. The molecule has 0 spiro atoms. The summed E-state index contributed by atoms with van der Waals surface area (Å²) in [7, 11) is 0. The maximum atomic E-state index is 6.22. The lowest BCUT2D eigenvalue weighted by molar-refractivity contribution is 0.179. The van der Waals surface area contributed by atoms with E-state index in [4.69, 9.17) is 16.3 Å². The van der Waals surface area contributed by atoms with Crippen LogP contribution in [0.4, 0.5) is 0 Å². The summed E-state index contributed by atoms with van der Waals surface area (Å²) in [5.41, 5.74) is 1.17. The highest BCUT2D eigenvalue weighted by Gasteiger charge is 2.34. The van der Waals surface area contributed by atoms with Gasteiger partial charge in [0.1, 0.15) is 11.9 Å². The number of nitrogens with one attached hydrogen (secondary N) is 1. The van der Waals surface area contributed by atoms with Gasteiger partial charge in [-0.3, -0.25) is 0 Å². The van der Waals surface area contributed by atoms with Crippen molar-refractivity contribution in [3.05, 3.63) is 27.2 Å². The van der Waals surface area contributed by atoms with Gasteiger partial charge in [-0.2, -0.15) is 0 Å². The third-order valence-corrected chi connectivity index (χ3v) is 3.75. The van der Waals surface area contributed by atoms with Crippen molar-refractivity contribution in [2.24, 2.45) is 0 Å². The Morgan fingerprint density at radius 1 is 1.41 bits per heavy atom. The average molecular weight is 319 g/mol. The highest BCUT2D eigenvalue weighted by Crippen LogP contribution is 2.44. The Morgan fingerprint density at radius 3 is 2.82 bits per heavy atom. The fourth-order valence-electron chi connectivity index (χ4n) is 2.33. The topological polar surface area (TPSA) is 21.3 Å². The van der Waals surface area contributed by atoms with E-state index < -0.39 is 0 Å². The number of hydrogen-bond acceptors (Lipinski definition) is 2. The van der Waals surface area contributed by atoms with Crippen molar-refractivity contribution >= 4 is 27.5 Å². The Balaban J connectivity index is 2.35. The van der Waals surface area contributed by atoms with E-state index in [9.17, 15) is 0 Å². The van der Waals surface area contributed by atoms with Crippen molar-refractivity contribution in [2.45, 2.75) is 38.8 Å². The first-order valence-corrected chi connectivity index (χ1v) is 7.23. The van der Waals surface area contributed by atoms with Crippen LogP contribution in [-0.2, 0) is 0 Å². The largest absolute Gasteiger partial charge is 0.487 e. The van der Waals surface area contributed by atoms with Crippen LogP contribution in [0.3, 0.4) is 0 Å². The first-order chi connectivity index (χ1) is 8.17. The fourth-order valence-corrected chi connectivity index (χ4v) is 3.21. The lowest BCUT2D eigenvalue weighted by Crippen LogP contribution is -2.30. The summed E-state index contributed by atoms with van der Waals surface area (Å²) in [6.45, 7) is 5.21. The highest BCUT2D eigenvalue weighted by atomic mass is 79.9. The van der Waals surface area contributed by atoms with Gasteiger partial charge in [0.2, 0.25) is 0 Å². The van der Waals surface area contributed by atoms with Crippen molar-refractivity contribution in [1.29, 1.82) is 0 Å². The van der Waals surface area contributed by atoms with Crippen LogP contribution in [-0.4, -0.2) is 12.6 Å². The minimum Gasteiger partial charge on any atom is -0.487 e. The van der Waals surface area contributed by atoms with E-state index in [1.807, 2.05) is 6.07 Å². The predicted molar refractivity (Wildman–Crippen MR) is 74.9 cm³/mol. The fraction of sp³-hybridized carbons (Fsp3) is 0.538. The number of ether oxygens (including phenoxy) is 1. The third kappa shape index (κ3) is 2.61. The zero-order chi connectivity index (χ0) is 12.4. The monoisotopic (exact) mass is 317 g/mol. The van der Waals surface area contributed by atoms with E-state index >= 15 is 0 Å². The highest BCUT2D eigenvalue weighted by molar-refractivity contribution is 9.10. The molecule has 0 bridgehead atoms. The van der Waals surface area contributed by atoms with Gasteiger partial charge in [-0.05, 0) is 25.1 Å². The van der Waals surface area contributed by atoms with Crippen LogP contribution in [0.15, 0.2) is 16.6 Å². The summed E-state index contributed by atoms with van der Waals surface area (Å²) in [6.07, 6.45) is 2.35. The Morgan fingerprint density at radius 2 is 2.18 bits per heavy atom. The number of hydrogen-bond donors (Lipinski definition) is 1. The quantitative estimate of drug-likeness (QED) is 0.893. The maximum Gasteiger partial charge on any atom is 0.143 e.